The number of carbonyl (C=O) groups is 1. The summed E-state index contributed by atoms with van der Waals surface area (Å²) in [5.41, 5.74) is 2.00. The number of benzene rings is 1. The molecule has 116 valence electrons. The Kier molecular flexibility index (Phi) is 4.69. The van der Waals surface area contributed by atoms with Crippen molar-refractivity contribution in [2.24, 2.45) is 0 Å². The molecular weight excluding hydrogens is 319 g/mol. The van der Waals surface area contributed by atoms with Gasteiger partial charge in [-0.1, -0.05) is 0 Å². The van der Waals surface area contributed by atoms with E-state index >= 15 is 0 Å². The largest absolute Gasteiger partial charge is 0.331 e. The maximum absolute atomic E-state index is 13.5. The number of hydrogen-bond acceptors (Lipinski definition) is 3. The normalized spacial score (nSPS) is 16.9. The molecule has 1 aromatic carbocycles. The molecule has 3 rings (SSSR count). The van der Waals surface area contributed by atoms with Gasteiger partial charge in [0.25, 0.3) is 0 Å². The van der Waals surface area contributed by atoms with Gasteiger partial charge in [0.2, 0.25) is 0 Å². The van der Waals surface area contributed by atoms with Gasteiger partial charge in [0.1, 0.15) is 5.82 Å². The van der Waals surface area contributed by atoms with Crippen molar-refractivity contribution in [3.63, 3.8) is 0 Å². The van der Waals surface area contributed by atoms with Gasteiger partial charge in [-0.2, -0.15) is 11.3 Å². The number of carbonyl (C=O) groups excluding carboxylic acids is 1. The van der Waals surface area contributed by atoms with Gasteiger partial charge >= 0.3 is 6.03 Å². The lowest BCUT2D eigenvalue weighted by Crippen LogP contribution is -2.39. The summed E-state index contributed by atoms with van der Waals surface area (Å²) >= 11 is 3.33. The molecule has 1 aliphatic rings. The van der Waals surface area contributed by atoms with Gasteiger partial charge in [-0.3, -0.25) is 0 Å². The number of rotatable bonds is 3. The molecule has 0 radical (unpaired) electrons. The second-order valence-electron chi connectivity index (χ2n) is 5.31. The zero-order valence-corrected chi connectivity index (χ0v) is 13.8. The van der Waals surface area contributed by atoms with E-state index in [0.29, 0.717) is 6.54 Å². The van der Waals surface area contributed by atoms with Crippen LogP contribution in [-0.2, 0) is 6.54 Å². The van der Waals surface area contributed by atoms with Crippen LogP contribution in [0.5, 0.6) is 0 Å². The van der Waals surface area contributed by atoms with Crippen molar-refractivity contribution in [3.8, 4) is 0 Å². The highest BCUT2D eigenvalue weighted by Crippen LogP contribution is 2.36. The fourth-order valence-corrected chi connectivity index (χ4v) is 4.27. The van der Waals surface area contributed by atoms with Crippen LogP contribution in [-0.4, -0.2) is 23.7 Å². The lowest BCUT2D eigenvalue weighted by Gasteiger charge is -2.28. The number of urea groups is 1. The second kappa shape index (κ2) is 6.71. The molecule has 1 aliphatic heterocycles. The van der Waals surface area contributed by atoms with E-state index in [2.05, 4.69) is 5.32 Å². The lowest BCUT2D eigenvalue weighted by molar-refractivity contribution is 0.202. The van der Waals surface area contributed by atoms with Crippen molar-refractivity contribution in [3.05, 3.63) is 52.0 Å². The number of nitrogens with zero attached hydrogens (tertiary/aromatic N) is 1. The van der Waals surface area contributed by atoms with Gasteiger partial charge < -0.3 is 10.2 Å². The van der Waals surface area contributed by atoms with Crippen LogP contribution in [0.25, 0.3) is 0 Å². The third kappa shape index (κ3) is 3.44. The number of hydrogen-bond donors (Lipinski definition) is 1. The quantitative estimate of drug-likeness (QED) is 0.908. The summed E-state index contributed by atoms with van der Waals surface area (Å²) in [7, 11) is 1.77. The van der Waals surface area contributed by atoms with Crippen LogP contribution in [0.2, 0.25) is 0 Å². The Hall–Kier alpha value is -1.53. The van der Waals surface area contributed by atoms with Crippen LogP contribution in [0.1, 0.15) is 23.6 Å². The van der Waals surface area contributed by atoms with Crippen molar-refractivity contribution in [2.75, 3.05) is 12.8 Å². The molecule has 0 unspecified atom stereocenters. The topological polar surface area (TPSA) is 32.3 Å². The van der Waals surface area contributed by atoms with Crippen LogP contribution >= 0.6 is 23.1 Å². The molecule has 0 bridgehead atoms. The molecule has 22 heavy (non-hydrogen) atoms. The number of fused-ring (bicyclic) bond motifs is 1. The summed E-state index contributed by atoms with van der Waals surface area (Å²) in [5, 5.41) is 7.06. The fourth-order valence-electron chi connectivity index (χ4n) is 2.50. The molecule has 2 aromatic rings. The predicted molar refractivity (Wildman–Crippen MR) is 88.8 cm³/mol. The fraction of sp³-hybridized carbons (Fsp3) is 0.312. The smallest absolute Gasteiger partial charge is 0.317 e. The summed E-state index contributed by atoms with van der Waals surface area (Å²) in [6.07, 6.45) is 0.819. The summed E-state index contributed by atoms with van der Waals surface area (Å²) in [5.74, 6) is 0.671. The molecule has 0 aliphatic carbocycles. The van der Waals surface area contributed by atoms with Crippen LogP contribution < -0.4 is 5.32 Å². The molecule has 3 nitrogen and oxygen atoms in total. The van der Waals surface area contributed by atoms with E-state index in [1.54, 1.807) is 41.1 Å². The minimum atomic E-state index is -0.257. The second-order valence-corrected chi connectivity index (χ2v) is 7.23. The van der Waals surface area contributed by atoms with E-state index in [4.69, 9.17) is 0 Å². The summed E-state index contributed by atoms with van der Waals surface area (Å²) in [6.45, 7) is 0.576. The zero-order chi connectivity index (χ0) is 15.5. The zero-order valence-electron chi connectivity index (χ0n) is 12.2. The number of amides is 2. The molecule has 1 aromatic heterocycles. The molecule has 0 saturated heterocycles. The van der Waals surface area contributed by atoms with Gasteiger partial charge in [0.05, 0.1) is 6.04 Å². The summed E-state index contributed by atoms with van der Waals surface area (Å²) < 4.78 is 13.5. The van der Waals surface area contributed by atoms with Gasteiger partial charge in [-0.25, -0.2) is 9.18 Å². The molecule has 2 heterocycles. The van der Waals surface area contributed by atoms with Crippen LogP contribution in [0.4, 0.5) is 9.18 Å². The van der Waals surface area contributed by atoms with Crippen molar-refractivity contribution in [1.82, 2.24) is 10.2 Å². The van der Waals surface area contributed by atoms with E-state index in [0.717, 1.165) is 28.2 Å². The van der Waals surface area contributed by atoms with E-state index in [1.807, 2.05) is 16.8 Å². The first-order chi connectivity index (χ1) is 10.6. The molecule has 2 amide bonds. The minimum absolute atomic E-state index is 0.121. The van der Waals surface area contributed by atoms with Crippen LogP contribution in [0, 0.1) is 5.82 Å². The number of thiophene rings is 1. The Bertz CT molecular complexity index is 660. The molecule has 1 N–H and O–H groups in total. The van der Waals surface area contributed by atoms with E-state index in [1.165, 1.54) is 12.1 Å². The monoisotopic (exact) mass is 336 g/mol. The van der Waals surface area contributed by atoms with Crippen molar-refractivity contribution < 1.29 is 9.18 Å². The molecule has 0 saturated carbocycles. The SMILES string of the molecule is CN(Cc1ccsc1)C(=O)N[C@@H]1CCSc2ccc(F)cc21. The maximum atomic E-state index is 13.5. The van der Waals surface area contributed by atoms with Gasteiger partial charge in [0, 0.05) is 24.2 Å². The minimum Gasteiger partial charge on any atom is -0.331 e. The van der Waals surface area contributed by atoms with Crippen molar-refractivity contribution in [2.45, 2.75) is 23.9 Å². The van der Waals surface area contributed by atoms with E-state index in [-0.39, 0.29) is 17.9 Å². The first-order valence-corrected chi connectivity index (χ1v) is 9.01. The van der Waals surface area contributed by atoms with Crippen LogP contribution in [0.3, 0.4) is 0 Å². The number of thioether (sulfide) groups is 1. The molecule has 0 fully saturated rings. The van der Waals surface area contributed by atoms with Crippen molar-refractivity contribution >= 4 is 29.1 Å². The number of halogens is 1. The number of nitrogens with one attached hydrogen (secondary N) is 1. The Morgan fingerprint density at radius 2 is 2.32 bits per heavy atom. The van der Waals surface area contributed by atoms with Crippen molar-refractivity contribution in [1.29, 1.82) is 0 Å². The average Bonchev–Trinajstić information content (AvgIpc) is 3.00. The standard InChI is InChI=1S/C16H17FN2OS2/c1-19(9-11-4-6-21-10-11)16(20)18-14-5-7-22-15-3-2-12(17)8-13(14)15/h2-4,6,8,10,14H,5,7,9H2,1H3,(H,18,20)/t14-/m1/s1. The molecule has 1 atom stereocenters. The highest BCUT2D eigenvalue weighted by molar-refractivity contribution is 7.99. The Labute approximate surface area is 137 Å². The van der Waals surface area contributed by atoms with Gasteiger partial charge in [-0.05, 0) is 52.6 Å². The predicted octanol–water partition coefficient (Wildman–Crippen LogP) is 4.27. The third-order valence-corrected chi connectivity index (χ3v) is 5.51. The molecule has 6 heteroatoms. The highest BCUT2D eigenvalue weighted by Gasteiger charge is 2.24. The van der Waals surface area contributed by atoms with Gasteiger partial charge in [0.15, 0.2) is 0 Å². The third-order valence-electron chi connectivity index (χ3n) is 3.66. The van der Waals surface area contributed by atoms with E-state index < -0.39 is 0 Å². The maximum Gasteiger partial charge on any atom is 0.317 e. The first kappa shape index (κ1) is 15.4. The first-order valence-electron chi connectivity index (χ1n) is 7.08. The molecular formula is C16H17FN2OS2. The van der Waals surface area contributed by atoms with E-state index in [9.17, 15) is 9.18 Å². The molecule has 0 spiro atoms. The Morgan fingerprint density at radius 3 is 3.09 bits per heavy atom. The summed E-state index contributed by atoms with van der Waals surface area (Å²) in [4.78, 5) is 15.1. The Balaban J connectivity index is 1.68. The Morgan fingerprint density at radius 1 is 1.45 bits per heavy atom. The lowest BCUT2D eigenvalue weighted by atomic mass is 10.0. The highest BCUT2D eigenvalue weighted by atomic mass is 32.2. The average molecular weight is 336 g/mol. The van der Waals surface area contributed by atoms with Crippen LogP contribution in [0.15, 0.2) is 39.9 Å². The van der Waals surface area contributed by atoms with Gasteiger partial charge in [-0.15, -0.1) is 11.8 Å². The summed E-state index contributed by atoms with van der Waals surface area (Å²) in [6, 6.07) is 6.56.